The largest absolute Gasteiger partial charge is 0.399 e. The number of thiophene rings is 1. The maximum Gasteiger partial charge on any atom is 0.240 e. The van der Waals surface area contributed by atoms with Gasteiger partial charge in [0.1, 0.15) is 0 Å². The molecule has 1 aliphatic heterocycles. The van der Waals surface area contributed by atoms with Crippen molar-refractivity contribution >= 4 is 27.0 Å². The van der Waals surface area contributed by atoms with Crippen molar-refractivity contribution < 1.29 is 8.42 Å². The third-order valence-corrected chi connectivity index (χ3v) is 7.20. The molecule has 0 amide bonds. The fraction of sp³-hybridized carbons (Fsp3) is 0.412. The highest BCUT2D eigenvalue weighted by Gasteiger charge is 2.29. The molecule has 0 fully saturated rings. The lowest BCUT2D eigenvalue weighted by Crippen LogP contribution is -2.44. The fourth-order valence-corrected chi connectivity index (χ4v) is 5.34. The van der Waals surface area contributed by atoms with Crippen LogP contribution < -0.4 is 10.5 Å². The number of rotatable bonds is 5. The van der Waals surface area contributed by atoms with Crippen molar-refractivity contribution in [3.63, 3.8) is 0 Å². The van der Waals surface area contributed by atoms with Gasteiger partial charge in [0.05, 0.1) is 4.90 Å². The van der Waals surface area contributed by atoms with Gasteiger partial charge in [0.15, 0.2) is 0 Å². The van der Waals surface area contributed by atoms with E-state index in [1.165, 1.54) is 22.6 Å². The summed E-state index contributed by atoms with van der Waals surface area (Å²) in [6.07, 6.45) is 1.02. The Morgan fingerprint density at radius 2 is 1.96 bits per heavy atom. The fourth-order valence-electron chi connectivity index (χ4n) is 3.30. The van der Waals surface area contributed by atoms with Gasteiger partial charge in [0.25, 0.3) is 0 Å². The number of hydrogen-bond donors (Lipinski definition) is 2. The summed E-state index contributed by atoms with van der Waals surface area (Å²) >= 11 is 1.78. The Bertz CT molecular complexity index is 799. The van der Waals surface area contributed by atoms with E-state index in [-0.39, 0.29) is 4.90 Å². The molecule has 7 heteroatoms. The van der Waals surface area contributed by atoms with Gasteiger partial charge in [0.2, 0.25) is 10.0 Å². The highest BCUT2D eigenvalue weighted by molar-refractivity contribution is 7.89. The van der Waals surface area contributed by atoms with Crippen LogP contribution in [0.5, 0.6) is 0 Å². The van der Waals surface area contributed by atoms with Crippen molar-refractivity contribution in [3.05, 3.63) is 46.2 Å². The number of fused-ring (bicyclic) bond motifs is 1. The molecular weight excluding hydrogens is 342 g/mol. The average Bonchev–Trinajstić information content (AvgIpc) is 2.99. The Hall–Kier alpha value is -1.41. The van der Waals surface area contributed by atoms with E-state index >= 15 is 0 Å². The Kier molecular flexibility index (Phi) is 4.96. The highest BCUT2D eigenvalue weighted by Crippen LogP contribution is 2.35. The standard InChI is InChI=1S/C17H23N3O2S2/c1-12-11-14-7-10-23-17(14)13(2)20(12)9-8-19-24(21,22)16-5-3-15(18)4-6-16/h3-7,10,12-13,19H,8-9,11,18H2,1-2H3. The van der Waals surface area contributed by atoms with Gasteiger partial charge in [-0.1, -0.05) is 0 Å². The minimum Gasteiger partial charge on any atom is -0.399 e. The SMILES string of the molecule is CC1Cc2ccsc2C(C)N1CCNS(=O)(=O)c1ccc(N)cc1. The molecule has 0 bridgehead atoms. The van der Waals surface area contributed by atoms with Crippen molar-refractivity contribution in [2.24, 2.45) is 0 Å². The van der Waals surface area contributed by atoms with Crippen molar-refractivity contribution in [3.8, 4) is 0 Å². The summed E-state index contributed by atoms with van der Waals surface area (Å²) in [5.41, 5.74) is 7.59. The quantitative estimate of drug-likeness (QED) is 0.799. The van der Waals surface area contributed by atoms with Crippen molar-refractivity contribution in [2.75, 3.05) is 18.8 Å². The molecule has 0 saturated heterocycles. The Morgan fingerprint density at radius 1 is 1.25 bits per heavy atom. The molecule has 0 aliphatic carbocycles. The van der Waals surface area contributed by atoms with Gasteiger partial charge in [-0.3, -0.25) is 4.90 Å². The lowest BCUT2D eigenvalue weighted by molar-refractivity contribution is 0.145. The normalized spacial score (nSPS) is 21.6. The number of nitrogen functional groups attached to an aromatic ring is 1. The molecule has 5 nitrogen and oxygen atoms in total. The number of benzene rings is 1. The van der Waals surface area contributed by atoms with E-state index in [4.69, 9.17) is 5.73 Å². The highest BCUT2D eigenvalue weighted by atomic mass is 32.2. The maximum atomic E-state index is 12.3. The second-order valence-electron chi connectivity index (χ2n) is 6.24. The van der Waals surface area contributed by atoms with Crippen LogP contribution in [-0.4, -0.2) is 32.4 Å². The zero-order valence-corrected chi connectivity index (χ0v) is 15.5. The van der Waals surface area contributed by atoms with Crippen LogP contribution in [0.2, 0.25) is 0 Å². The summed E-state index contributed by atoms with van der Waals surface area (Å²) in [4.78, 5) is 4.01. The van der Waals surface area contributed by atoms with E-state index in [0.717, 1.165) is 6.42 Å². The molecule has 1 aliphatic rings. The zero-order valence-electron chi connectivity index (χ0n) is 13.9. The van der Waals surface area contributed by atoms with E-state index < -0.39 is 10.0 Å². The number of nitrogens with two attached hydrogens (primary N) is 1. The molecule has 2 aromatic rings. The Balaban J connectivity index is 1.63. The number of nitrogens with zero attached hydrogens (tertiary/aromatic N) is 1. The Morgan fingerprint density at radius 3 is 2.67 bits per heavy atom. The minimum atomic E-state index is -3.49. The monoisotopic (exact) mass is 365 g/mol. The predicted molar refractivity (Wildman–Crippen MR) is 98.6 cm³/mol. The lowest BCUT2D eigenvalue weighted by atomic mass is 9.97. The topological polar surface area (TPSA) is 75.4 Å². The van der Waals surface area contributed by atoms with E-state index in [2.05, 4.69) is 34.9 Å². The number of anilines is 1. The third-order valence-electron chi connectivity index (χ3n) is 4.59. The maximum absolute atomic E-state index is 12.3. The lowest BCUT2D eigenvalue weighted by Gasteiger charge is -2.38. The molecule has 0 radical (unpaired) electrons. The predicted octanol–water partition coefficient (Wildman–Crippen LogP) is 2.62. The van der Waals surface area contributed by atoms with E-state index in [9.17, 15) is 8.42 Å². The number of sulfonamides is 1. The molecule has 2 atom stereocenters. The average molecular weight is 366 g/mol. The number of hydrogen-bond acceptors (Lipinski definition) is 5. The zero-order chi connectivity index (χ0) is 17.3. The Labute approximate surface area is 147 Å². The molecule has 3 rings (SSSR count). The molecule has 2 heterocycles. The molecule has 3 N–H and O–H groups in total. The first-order chi connectivity index (χ1) is 11.4. The van der Waals surface area contributed by atoms with Crippen LogP contribution in [0.15, 0.2) is 40.6 Å². The minimum absolute atomic E-state index is 0.247. The second-order valence-corrected chi connectivity index (χ2v) is 8.96. The van der Waals surface area contributed by atoms with Gasteiger partial charge in [-0.2, -0.15) is 0 Å². The molecule has 2 unspecified atom stereocenters. The summed E-state index contributed by atoms with van der Waals surface area (Å²) in [5.74, 6) is 0. The number of nitrogens with one attached hydrogen (secondary N) is 1. The van der Waals surface area contributed by atoms with Gasteiger partial charge < -0.3 is 5.73 Å². The van der Waals surface area contributed by atoms with Gasteiger partial charge in [-0.15, -0.1) is 11.3 Å². The third kappa shape index (κ3) is 3.49. The molecule has 0 spiro atoms. The van der Waals surface area contributed by atoms with Crippen LogP contribution in [-0.2, 0) is 16.4 Å². The van der Waals surface area contributed by atoms with E-state index in [0.29, 0.717) is 30.9 Å². The van der Waals surface area contributed by atoms with Crippen LogP contribution in [0.25, 0.3) is 0 Å². The van der Waals surface area contributed by atoms with Gasteiger partial charge in [0, 0.05) is 35.7 Å². The van der Waals surface area contributed by atoms with Crippen LogP contribution >= 0.6 is 11.3 Å². The first-order valence-electron chi connectivity index (χ1n) is 8.05. The van der Waals surface area contributed by atoms with Gasteiger partial charge in [-0.25, -0.2) is 13.1 Å². The van der Waals surface area contributed by atoms with Crippen molar-refractivity contribution in [1.29, 1.82) is 0 Å². The smallest absolute Gasteiger partial charge is 0.240 e. The van der Waals surface area contributed by atoms with Crippen LogP contribution in [0, 0.1) is 0 Å². The second kappa shape index (κ2) is 6.84. The molecule has 130 valence electrons. The molecule has 1 aromatic carbocycles. The summed E-state index contributed by atoms with van der Waals surface area (Å²) in [6.45, 7) is 5.47. The first-order valence-corrected chi connectivity index (χ1v) is 10.4. The van der Waals surface area contributed by atoms with Crippen LogP contribution in [0.4, 0.5) is 5.69 Å². The first kappa shape index (κ1) is 17.4. The molecular formula is C17H23N3O2S2. The summed E-state index contributed by atoms with van der Waals surface area (Å²) in [7, 11) is -3.49. The summed E-state index contributed by atoms with van der Waals surface area (Å²) < 4.78 is 27.4. The van der Waals surface area contributed by atoms with E-state index in [1.54, 1.807) is 23.5 Å². The summed E-state index contributed by atoms with van der Waals surface area (Å²) in [5, 5.41) is 2.14. The summed E-state index contributed by atoms with van der Waals surface area (Å²) in [6, 6.07) is 9.19. The molecule has 1 aromatic heterocycles. The van der Waals surface area contributed by atoms with Crippen molar-refractivity contribution in [2.45, 2.75) is 37.2 Å². The van der Waals surface area contributed by atoms with E-state index in [1.807, 2.05) is 0 Å². The van der Waals surface area contributed by atoms with Crippen LogP contribution in [0.3, 0.4) is 0 Å². The van der Waals surface area contributed by atoms with Gasteiger partial charge >= 0.3 is 0 Å². The molecule has 24 heavy (non-hydrogen) atoms. The molecule has 0 saturated carbocycles. The van der Waals surface area contributed by atoms with Crippen molar-refractivity contribution in [1.82, 2.24) is 9.62 Å². The van der Waals surface area contributed by atoms with Crippen LogP contribution in [0.1, 0.15) is 30.3 Å². The van der Waals surface area contributed by atoms with Gasteiger partial charge in [-0.05, 0) is 61.5 Å².